The Bertz CT molecular complexity index is 1180. The number of rotatable bonds is 8. The van der Waals surface area contributed by atoms with E-state index in [1.54, 1.807) is 24.3 Å². The number of amides is 1. The van der Waals surface area contributed by atoms with Crippen LogP contribution in [0.3, 0.4) is 0 Å². The number of anilines is 1. The summed E-state index contributed by atoms with van der Waals surface area (Å²) in [6.07, 6.45) is 0. The van der Waals surface area contributed by atoms with Crippen molar-refractivity contribution in [1.29, 1.82) is 0 Å². The SMILES string of the molecule is CCOc1ccc(S(=O)(=O)N2CCN(CC(=O)Nc3nnc(-c4ccccc4)s3)CC2)cc1. The van der Waals surface area contributed by atoms with Gasteiger partial charge in [0.05, 0.1) is 18.0 Å². The highest BCUT2D eigenvalue weighted by Crippen LogP contribution is 2.26. The molecule has 174 valence electrons. The molecule has 33 heavy (non-hydrogen) atoms. The average molecular weight is 488 g/mol. The highest BCUT2D eigenvalue weighted by Gasteiger charge is 2.29. The molecule has 0 unspecified atom stereocenters. The predicted molar refractivity (Wildman–Crippen MR) is 127 cm³/mol. The van der Waals surface area contributed by atoms with Crippen LogP contribution in [0, 0.1) is 0 Å². The summed E-state index contributed by atoms with van der Waals surface area (Å²) in [7, 11) is -3.58. The lowest BCUT2D eigenvalue weighted by Gasteiger charge is -2.33. The van der Waals surface area contributed by atoms with E-state index < -0.39 is 10.0 Å². The van der Waals surface area contributed by atoms with E-state index in [0.29, 0.717) is 43.7 Å². The van der Waals surface area contributed by atoms with Crippen LogP contribution < -0.4 is 10.1 Å². The van der Waals surface area contributed by atoms with E-state index in [2.05, 4.69) is 15.5 Å². The number of sulfonamides is 1. The molecule has 2 aromatic carbocycles. The number of carbonyl (C=O) groups excluding carboxylic acids is 1. The number of nitrogens with zero attached hydrogens (tertiary/aromatic N) is 4. The number of hydrogen-bond donors (Lipinski definition) is 1. The van der Waals surface area contributed by atoms with Gasteiger partial charge in [-0.2, -0.15) is 4.31 Å². The summed E-state index contributed by atoms with van der Waals surface area (Å²) in [4.78, 5) is 14.6. The molecule has 0 radical (unpaired) electrons. The topological polar surface area (TPSA) is 105 Å². The number of nitrogens with one attached hydrogen (secondary N) is 1. The molecule has 0 aliphatic carbocycles. The first kappa shape index (κ1) is 23.3. The first-order valence-corrected chi connectivity index (χ1v) is 12.9. The third kappa shape index (κ3) is 5.74. The van der Waals surface area contributed by atoms with Crippen molar-refractivity contribution in [3.8, 4) is 16.3 Å². The molecule has 0 atom stereocenters. The minimum absolute atomic E-state index is 0.164. The molecule has 9 nitrogen and oxygen atoms in total. The van der Waals surface area contributed by atoms with Crippen LogP contribution in [0.4, 0.5) is 5.13 Å². The maximum atomic E-state index is 12.9. The zero-order valence-electron chi connectivity index (χ0n) is 18.2. The van der Waals surface area contributed by atoms with Gasteiger partial charge in [-0.05, 0) is 31.2 Å². The second-order valence-corrected chi connectivity index (χ2v) is 10.3. The minimum Gasteiger partial charge on any atom is -0.494 e. The summed E-state index contributed by atoms with van der Waals surface area (Å²) in [6, 6.07) is 16.1. The highest BCUT2D eigenvalue weighted by atomic mass is 32.2. The Hall–Kier alpha value is -2.86. The van der Waals surface area contributed by atoms with Gasteiger partial charge in [-0.25, -0.2) is 8.42 Å². The Kier molecular flexibility index (Phi) is 7.33. The summed E-state index contributed by atoms with van der Waals surface area (Å²) in [5.41, 5.74) is 0.945. The smallest absolute Gasteiger partial charge is 0.243 e. The molecule has 0 bridgehead atoms. The van der Waals surface area contributed by atoms with Crippen LogP contribution in [0.5, 0.6) is 5.75 Å². The lowest BCUT2D eigenvalue weighted by atomic mass is 10.2. The van der Waals surface area contributed by atoms with Crippen LogP contribution in [0.2, 0.25) is 0 Å². The van der Waals surface area contributed by atoms with E-state index in [1.807, 2.05) is 42.2 Å². The third-order valence-corrected chi connectivity index (χ3v) is 7.96. The molecule has 1 aromatic heterocycles. The molecule has 0 spiro atoms. The monoisotopic (exact) mass is 487 g/mol. The molecule has 1 N–H and O–H groups in total. The van der Waals surface area contributed by atoms with Crippen molar-refractivity contribution < 1.29 is 17.9 Å². The fourth-order valence-electron chi connectivity index (χ4n) is 3.48. The van der Waals surface area contributed by atoms with Crippen molar-refractivity contribution in [3.63, 3.8) is 0 Å². The molecule has 1 aliphatic heterocycles. The van der Waals surface area contributed by atoms with E-state index in [0.717, 1.165) is 10.6 Å². The molecule has 1 fully saturated rings. The summed E-state index contributed by atoms with van der Waals surface area (Å²) >= 11 is 1.31. The lowest BCUT2D eigenvalue weighted by molar-refractivity contribution is -0.117. The van der Waals surface area contributed by atoms with Crippen LogP contribution in [0.1, 0.15) is 6.92 Å². The van der Waals surface area contributed by atoms with Gasteiger partial charge in [0.1, 0.15) is 10.8 Å². The number of ether oxygens (including phenoxy) is 1. The number of benzene rings is 2. The normalized spacial score (nSPS) is 15.3. The van der Waals surface area contributed by atoms with Gasteiger partial charge >= 0.3 is 0 Å². The molecule has 4 rings (SSSR count). The summed E-state index contributed by atoms with van der Waals surface area (Å²) in [5.74, 6) is 0.437. The van der Waals surface area contributed by atoms with Gasteiger partial charge in [-0.1, -0.05) is 41.7 Å². The minimum atomic E-state index is -3.58. The highest BCUT2D eigenvalue weighted by molar-refractivity contribution is 7.89. The molecule has 3 aromatic rings. The largest absolute Gasteiger partial charge is 0.494 e. The molecular formula is C22H25N5O4S2. The zero-order chi connectivity index (χ0) is 23.3. The first-order chi connectivity index (χ1) is 16.0. The van der Waals surface area contributed by atoms with Gasteiger partial charge in [0.15, 0.2) is 0 Å². The fourth-order valence-corrected chi connectivity index (χ4v) is 5.67. The van der Waals surface area contributed by atoms with Gasteiger partial charge in [-0.3, -0.25) is 15.0 Å². The number of carbonyl (C=O) groups is 1. The second-order valence-electron chi connectivity index (χ2n) is 7.41. The Balaban J connectivity index is 1.28. The van der Waals surface area contributed by atoms with E-state index in [1.165, 1.54) is 15.6 Å². The standard InChI is InChI=1S/C22H25N5O4S2/c1-2-31-18-8-10-19(11-9-18)33(29,30)27-14-12-26(13-15-27)16-20(28)23-22-25-24-21(32-22)17-6-4-3-5-7-17/h3-11H,2,12-16H2,1H3,(H,23,25,28). The Labute approximate surface area is 197 Å². The molecule has 0 saturated carbocycles. The van der Waals surface area contributed by atoms with Crippen molar-refractivity contribution in [2.75, 3.05) is 44.6 Å². The van der Waals surface area contributed by atoms with Crippen LogP contribution in [-0.2, 0) is 14.8 Å². The molecular weight excluding hydrogens is 462 g/mol. The van der Waals surface area contributed by atoms with Gasteiger partial charge in [0.2, 0.25) is 21.1 Å². The Morgan fingerprint density at radius 2 is 1.73 bits per heavy atom. The maximum absolute atomic E-state index is 12.9. The van der Waals surface area contributed by atoms with Crippen LogP contribution >= 0.6 is 11.3 Å². The van der Waals surface area contributed by atoms with Crippen LogP contribution in [0.15, 0.2) is 59.5 Å². The van der Waals surface area contributed by atoms with E-state index in [-0.39, 0.29) is 17.3 Å². The maximum Gasteiger partial charge on any atom is 0.243 e. The summed E-state index contributed by atoms with van der Waals surface area (Å²) in [5, 5.41) is 12.1. The Morgan fingerprint density at radius 3 is 2.39 bits per heavy atom. The molecule has 1 saturated heterocycles. The molecule has 2 heterocycles. The summed E-state index contributed by atoms with van der Waals surface area (Å²) < 4.78 is 32.7. The van der Waals surface area contributed by atoms with Crippen LogP contribution in [-0.4, -0.2) is 73.1 Å². The van der Waals surface area contributed by atoms with Crippen LogP contribution in [0.25, 0.3) is 10.6 Å². The predicted octanol–water partition coefficient (Wildman–Crippen LogP) is 2.55. The number of piperazine rings is 1. The van der Waals surface area contributed by atoms with Gasteiger partial charge in [0, 0.05) is 31.7 Å². The van der Waals surface area contributed by atoms with Gasteiger partial charge < -0.3 is 4.74 Å². The average Bonchev–Trinajstić information content (AvgIpc) is 3.29. The summed E-state index contributed by atoms with van der Waals surface area (Å²) in [6.45, 7) is 4.13. The fraction of sp³-hybridized carbons (Fsp3) is 0.318. The molecule has 11 heteroatoms. The quantitative estimate of drug-likeness (QED) is 0.521. The van der Waals surface area contributed by atoms with Crippen molar-refractivity contribution in [1.82, 2.24) is 19.4 Å². The Morgan fingerprint density at radius 1 is 1.03 bits per heavy atom. The third-order valence-electron chi connectivity index (χ3n) is 5.16. The lowest BCUT2D eigenvalue weighted by Crippen LogP contribution is -2.50. The number of aromatic nitrogens is 2. The van der Waals surface area contributed by atoms with Crippen molar-refractivity contribution >= 4 is 32.4 Å². The van der Waals surface area contributed by atoms with E-state index in [9.17, 15) is 13.2 Å². The van der Waals surface area contributed by atoms with Gasteiger partial charge in [0.25, 0.3) is 0 Å². The van der Waals surface area contributed by atoms with Crippen molar-refractivity contribution in [2.24, 2.45) is 0 Å². The van der Waals surface area contributed by atoms with Crippen molar-refractivity contribution in [3.05, 3.63) is 54.6 Å². The number of hydrogen-bond acceptors (Lipinski definition) is 8. The molecule has 1 aliphatic rings. The second kappa shape index (κ2) is 10.4. The van der Waals surface area contributed by atoms with E-state index >= 15 is 0 Å². The first-order valence-electron chi connectivity index (χ1n) is 10.6. The zero-order valence-corrected chi connectivity index (χ0v) is 19.8. The van der Waals surface area contributed by atoms with E-state index in [4.69, 9.17) is 4.74 Å². The van der Waals surface area contributed by atoms with Gasteiger partial charge in [-0.15, -0.1) is 10.2 Å². The molecule has 1 amide bonds. The van der Waals surface area contributed by atoms with Crippen molar-refractivity contribution in [2.45, 2.75) is 11.8 Å².